The van der Waals surface area contributed by atoms with E-state index < -0.39 is 16.4 Å². The van der Waals surface area contributed by atoms with Gasteiger partial charge >= 0.3 is 6.61 Å². The number of nitrogens with one attached hydrogen (secondary N) is 2. The highest BCUT2D eigenvalue weighted by atomic mass is 79.9. The Kier molecular flexibility index (Phi) is 6.39. The fourth-order valence-corrected chi connectivity index (χ4v) is 4.45. The van der Waals surface area contributed by atoms with Crippen molar-refractivity contribution in [2.24, 2.45) is 4.99 Å². The summed E-state index contributed by atoms with van der Waals surface area (Å²) in [7, 11) is -1.45. The molecular weight excluding hydrogens is 408 g/mol. The van der Waals surface area contributed by atoms with Crippen molar-refractivity contribution in [3.63, 3.8) is 0 Å². The number of hydrogen-bond donors (Lipinski definition) is 2. The standard InChI is InChI=1S/C14H18BrF2N3O3S/c1-18-14(20-11-4-5-24(21,22)8-11)19-7-9-6-10(15)2-3-12(9)23-13(16)17/h2-3,6,11,13H,4-5,7-8H2,1H3,(H2,18,19,20). The van der Waals surface area contributed by atoms with Gasteiger partial charge in [0, 0.05) is 29.7 Å². The van der Waals surface area contributed by atoms with Crippen LogP contribution in [0.5, 0.6) is 5.75 Å². The van der Waals surface area contributed by atoms with E-state index in [-0.39, 0.29) is 29.8 Å². The Morgan fingerprint density at radius 1 is 1.50 bits per heavy atom. The first-order valence-electron chi connectivity index (χ1n) is 7.20. The molecule has 0 saturated carbocycles. The van der Waals surface area contributed by atoms with E-state index in [1.807, 2.05) is 0 Å². The van der Waals surface area contributed by atoms with Crippen molar-refractivity contribution in [2.75, 3.05) is 18.6 Å². The number of hydrogen-bond acceptors (Lipinski definition) is 4. The van der Waals surface area contributed by atoms with Crippen LogP contribution in [0, 0.1) is 0 Å². The van der Waals surface area contributed by atoms with Crippen molar-refractivity contribution in [3.8, 4) is 5.75 Å². The second kappa shape index (κ2) is 8.11. The number of aliphatic imine (C=N–C) groups is 1. The summed E-state index contributed by atoms with van der Waals surface area (Å²) in [6.07, 6.45) is 0.514. The molecule has 134 valence electrons. The molecule has 24 heavy (non-hydrogen) atoms. The molecule has 6 nitrogen and oxygen atoms in total. The van der Waals surface area contributed by atoms with Crippen LogP contribution in [0.2, 0.25) is 0 Å². The molecular formula is C14H18BrF2N3O3S. The van der Waals surface area contributed by atoms with Gasteiger partial charge in [-0.05, 0) is 24.6 Å². The van der Waals surface area contributed by atoms with Crippen LogP contribution in [0.3, 0.4) is 0 Å². The van der Waals surface area contributed by atoms with Crippen LogP contribution in [0.1, 0.15) is 12.0 Å². The zero-order valence-electron chi connectivity index (χ0n) is 12.9. The lowest BCUT2D eigenvalue weighted by Crippen LogP contribution is -2.43. The van der Waals surface area contributed by atoms with Crippen LogP contribution in [0.25, 0.3) is 0 Å². The maximum atomic E-state index is 12.5. The van der Waals surface area contributed by atoms with Crippen LogP contribution in [-0.4, -0.2) is 45.6 Å². The molecule has 1 aromatic rings. The molecule has 1 unspecified atom stereocenters. The van der Waals surface area contributed by atoms with Gasteiger partial charge in [0.2, 0.25) is 0 Å². The third-order valence-electron chi connectivity index (χ3n) is 3.48. The van der Waals surface area contributed by atoms with E-state index in [2.05, 4.69) is 36.3 Å². The van der Waals surface area contributed by atoms with Crippen molar-refractivity contribution < 1.29 is 21.9 Å². The Bertz CT molecular complexity index is 713. The van der Waals surface area contributed by atoms with Gasteiger partial charge in [0.15, 0.2) is 15.8 Å². The van der Waals surface area contributed by atoms with E-state index in [1.165, 1.54) is 6.07 Å². The van der Waals surface area contributed by atoms with E-state index >= 15 is 0 Å². The first kappa shape index (κ1) is 18.9. The number of benzene rings is 1. The number of halogens is 3. The summed E-state index contributed by atoms with van der Waals surface area (Å²) in [6, 6.07) is 4.52. The van der Waals surface area contributed by atoms with E-state index in [1.54, 1.807) is 19.2 Å². The molecule has 1 aliphatic heterocycles. The molecule has 0 radical (unpaired) electrons. The van der Waals surface area contributed by atoms with Gasteiger partial charge in [0.05, 0.1) is 11.5 Å². The molecule has 1 aromatic carbocycles. The molecule has 0 aliphatic carbocycles. The van der Waals surface area contributed by atoms with Crippen LogP contribution in [-0.2, 0) is 16.4 Å². The average molecular weight is 426 g/mol. The molecule has 1 heterocycles. The van der Waals surface area contributed by atoms with E-state index in [0.29, 0.717) is 17.9 Å². The number of alkyl halides is 2. The van der Waals surface area contributed by atoms with Gasteiger partial charge < -0.3 is 15.4 Å². The maximum absolute atomic E-state index is 12.5. The molecule has 2 rings (SSSR count). The molecule has 2 N–H and O–H groups in total. The molecule has 10 heteroatoms. The van der Waals surface area contributed by atoms with Crippen molar-refractivity contribution in [3.05, 3.63) is 28.2 Å². The molecule has 1 atom stereocenters. The predicted octanol–water partition coefficient (Wildman–Crippen LogP) is 1.90. The van der Waals surface area contributed by atoms with Gasteiger partial charge in [0.1, 0.15) is 5.75 Å². The van der Waals surface area contributed by atoms with Gasteiger partial charge in [-0.3, -0.25) is 4.99 Å². The SMILES string of the molecule is CN=C(NCc1cc(Br)ccc1OC(F)F)NC1CCS(=O)(=O)C1. The first-order valence-corrected chi connectivity index (χ1v) is 9.81. The molecule has 0 amide bonds. The summed E-state index contributed by atoms with van der Waals surface area (Å²) < 4.78 is 53.1. The van der Waals surface area contributed by atoms with Gasteiger partial charge in [-0.1, -0.05) is 15.9 Å². The summed E-state index contributed by atoms with van der Waals surface area (Å²) in [5.41, 5.74) is 0.520. The van der Waals surface area contributed by atoms with Crippen LogP contribution >= 0.6 is 15.9 Å². The Labute approximate surface area is 147 Å². The highest BCUT2D eigenvalue weighted by molar-refractivity contribution is 9.10. The van der Waals surface area contributed by atoms with Gasteiger partial charge in [-0.25, -0.2) is 8.42 Å². The second-order valence-electron chi connectivity index (χ2n) is 5.30. The minimum absolute atomic E-state index is 0.0598. The topological polar surface area (TPSA) is 79.8 Å². The minimum atomic E-state index is -3.00. The van der Waals surface area contributed by atoms with Crippen molar-refractivity contribution in [1.82, 2.24) is 10.6 Å². The van der Waals surface area contributed by atoms with E-state index in [0.717, 1.165) is 4.47 Å². The summed E-state index contributed by atoms with van der Waals surface area (Å²) >= 11 is 3.29. The predicted molar refractivity (Wildman–Crippen MR) is 91.2 cm³/mol. The number of sulfone groups is 1. The Morgan fingerprint density at radius 3 is 2.83 bits per heavy atom. The first-order chi connectivity index (χ1) is 11.3. The monoisotopic (exact) mass is 425 g/mol. The lowest BCUT2D eigenvalue weighted by atomic mass is 10.2. The molecule has 0 spiro atoms. The Balaban J connectivity index is 1.99. The fraction of sp³-hybridized carbons (Fsp3) is 0.500. The number of rotatable bonds is 5. The maximum Gasteiger partial charge on any atom is 0.387 e. The zero-order valence-corrected chi connectivity index (χ0v) is 15.3. The summed E-state index contributed by atoms with van der Waals surface area (Å²) in [4.78, 5) is 4.03. The third-order valence-corrected chi connectivity index (χ3v) is 5.74. The summed E-state index contributed by atoms with van der Waals surface area (Å²) in [6.45, 7) is -2.72. The number of nitrogens with zero attached hydrogens (tertiary/aromatic N) is 1. The van der Waals surface area contributed by atoms with Gasteiger partial charge in [-0.15, -0.1) is 0 Å². The quantitative estimate of drug-likeness (QED) is 0.556. The van der Waals surface area contributed by atoms with E-state index in [9.17, 15) is 17.2 Å². The summed E-state index contributed by atoms with van der Waals surface area (Å²) in [5.74, 6) is 0.684. The molecule has 0 bridgehead atoms. The summed E-state index contributed by atoms with van der Waals surface area (Å²) in [5, 5.41) is 6.00. The van der Waals surface area contributed by atoms with E-state index in [4.69, 9.17) is 0 Å². The molecule has 0 aromatic heterocycles. The van der Waals surface area contributed by atoms with Gasteiger partial charge in [0.25, 0.3) is 0 Å². The highest BCUT2D eigenvalue weighted by Crippen LogP contribution is 2.24. The molecule has 1 fully saturated rings. The third kappa shape index (κ3) is 5.59. The van der Waals surface area contributed by atoms with Gasteiger partial charge in [-0.2, -0.15) is 8.78 Å². The Morgan fingerprint density at radius 2 is 2.25 bits per heavy atom. The smallest absolute Gasteiger partial charge is 0.387 e. The van der Waals surface area contributed by atoms with Crippen molar-refractivity contribution in [1.29, 1.82) is 0 Å². The Hall–Kier alpha value is -1.42. The molecule has 1 saturated heterocycles. The number of guanidine groups is 1. The molecule has 1 aliphatic rings. The van der Waals surface area contributed by atoms with Crippen LogP contribution < -0.4 is 15.4 Å². The fourth-order valence-electron chi connectivity index (χ4n) is 2.37. The largest absolute Gasteiger partial charge is 0.434 e. The minimum Gasteiger partial charge on any atom is -0.434 e. The number of ether oxygens (including phenoxy) is 1. The van der Waals surface area contributed by atoms with Crippen LogP contribution in [0.15, 0.2) is 27.7 Å². The normalized spacial score (nSPS) is 20.2. The van der Waals surface area contributed by atoms with Crippen LogP contribution in [0.4, 0.5) is 8.78 Å². The van der Waals surface area contributed by atoms with Crippen molar-refractivity contribution >= 4 is 31.7 Å². The highest BCUT2D eigenvalue weighted by Gasteiger charge is 2.28. The zero-order chi connectivity index (χ0) is 17.7. The average Bonchev–Trinajstić information content (AvgIpc) is 2.84. The lowest BCUT2D eigenvalue weighted by Gasteiger charge is -2.17. The second-order valence-corrected chi connectivity index (χ2v) is 8.45. The van der Waals surface area contributed by atoms with Crippen molar-refractivity contribution in [2.45, 2.75) is 25.6 Å². The lowest BCUT2D eigenvalue weighted by molar-refractivity contribution is -0.0504.